The van der Waals surface area contributed by atoms with Crippen molar-refractivity contribution in [3.05, 3.63) is 59.1 Å². The minimum absolute atomic E-state index is 0.0332. The summed E-state index contributed by atoms with van der Waals surface area (Å²) < 4.78 is 35.4. The molecule has 0 aliphatic rings. The molecule has 0 heterocycles. The first-order chi connectivity index (χ1) is 13.0. The van der Waals surface area contributed by atoms with Crippen molar-refractivity contribution in [2.24, 2.45) is 0 Å². The van der Waals surface area contributed by atoms with Gasteiger partial charge in [0.15, 0.2) is 6.61 Å². The van der Waals surface area contributed by atoms with Crippen molar-refractivity contribution in [2.45, 2.75) is 14.7 Å². The molecule has 152 valence electrons. The number of carbonyl (C=O) groups excluding carboxylic acids is 1. The van der Waals surface area contributed by atoms with Crippen LogP contribution >= 0.6 is 46.4 Å². The maximum atomic E-state index is 12.6. The van der Waals surface area contributed by atoms with E-state index in [-0.39, 0.29) is 11.5 Å². The normalized spacial score (nSPS) is 13.0. The van der Waals surface area contributed by atoms with E-state index < -0.39 is 25.8 Å². The van der Waals surface area contributed by atoms with Gasteiger partial charge in [-0.25, -0.2) is 13.2 Å². The Hall–Kier alpha value is -1.22. The highest BCUT2D eigenvalue weighted by Crippen LogP contribution is 2.41. The second-order valence-corrected chi connectivity index (χ2v) is 10.0. The highest BCUT2D eigenvalue weighted by atomic mass is 35.6. The van der Waals surface area contributed by atoms with E-state index in [1.54, 1.807) is 0 Å². The van der Waals surface area contributed by atoms with Crippen LogP contribution < -0.4 is 9.46 Å². The van der Waals surface area contributed by atoms with Gasteiger partial charge in [0.25, 0.3) is 0 Å². The van der Waals surface area contributed by atoms with Gasteiger partial charge in [-0.1, -0.05) is 58.5 Å². The molecule has 2 aromatic rings. The number of alkyl halides is 3. The molecule has 0 saturated carbocycles. The zero-order valence-corrected chi connectivity index (χ0v) is 18.2. The number of hydrogen-bond acceptors (Lipinski definition) is 5. The molecule has 1 unspecified atom stereocenters. The van der Waals surface area contributed by atoms with Crippen LogP contribution in [0, 0.1) is 0 Å². The maximum absolute atomic E-state index is 12.6. The molecular weight excluding hydrogens is 472 g/mol. The van der Waals surface area contributed by atoms with Gasteiger partial charge in [-0.3, -0.25) is 0 Å². The minimum Gasteiger partial charge on any atom is -0.482 e. The molecule has 2 aromatic carbocycles. The van der Waals surface area contributed by atoms with Crippen molar-refractivity contribution in [1.82, 2.24) is 4.72 Å². The van der Waals surface area contributed by atoms with Crippen LogP contribution in [0.15, 0.2) is 53.4 Å². The summed E-state index contributed by atoms with van der Waals surface area (Å²) in [6.45, 7) is -0.271. The molecule has 0 aliphatic carbocycles. The van der Waals surface area contributed by atoms with E-state index in [4.69, 9.17) is 51.1 Å². The molecule has 0 saturated heterocycles. The number of benzene rings is 2. The van der Waals surface area contributed by atoms with Gasteiger partial charge in [0.05, 0.1) is 18.0 Å². The van der Waals surface area contributed by atoms with Crippen molar-refractivity contribution >= 4 is 62.4 Å². The molecule has 0 aliphatic heterocycles. The van der Waals surface area contributed by atoms with Crippen LogP contribution in [0.1, 0.15) is 11.6 Å². The summed E-state index contributed by atoms with van der Waals surface area (Å²) in [4.78, 5) is 11.1. The first-order valence-corrected chi connectivity index (χ1v) is 10.7. The van der Waals surface area contributed by atoms with Gasteiger partial charge in [-0.15, -0.1) is 0 Å². The Morgan fingerprint density at radius 1 is 1.07 bits per heavy atom. The first-order valence-electron chi connectivity index (χ1n) is 7.67. The van der Waals surface area contributed by atoms with Gasteiger partial charge >= 0.3 is 5.97 Å². The van der Waals surface area contributed by atoms with Crippen LogP contribution in [0.3, 0.4) is 0 Å². The number of sulfonamides is 1. The molecule has 0 radical (unpaired) electrons. The lowest BCUT2D eigenvalue weighted by molar-refractivity contribution is -0.142. The molecule has 0 amide bonds. The van der Waals surface area contributed by atoms with Crippen LogP contribution in [0.4, 0.5) is 0 Å². The highest BCUT2D eigenvalue weighted by molar-refractivity contribution is 7.89. The average Bonchev–Trinajstić information content (AvgIpc) is 2.64. The zero-order chi connectivity index (χ0) is 20.9. The first kappa shape index (κ1) is 23.1. The number of esters is 1. The summed E-state index contributed by atoms with van der Waals surface area (Å²) in [6.07, 6.45) is 0. The smallest absolute Gasteiger partial charge is 0.343 e. The fraction of sp³-hybridized carbons (Fsp3) is 0.235. The molecule has 11 heteroatoms. The van der Waals surface area contributed by atoms with Crippen LogP contribution in [0.25, 0.3) is 0 Å². The zero-order valence-electron chi connectivity index (χ0n) is 14.4. The van der Waals surface area contributed by atoms with Crippen LogP contribution in [0.2, 0.25) is 5.02 Å². The van der Waals surface area contributed by atoms with Crippen LogP contribution in [-0.2, 0) is 19.6 Å². The van der Waals surface area contributed by atoms with E-state index in [0.29, 0.717) is 16.3 Å². The molecule has 28 heavy (non-hydrogen) atoms. The Bertz CT molecular complexity index is 912. The molecule has 6 nitrogen and oxygen atoms in total. The van der Waals surface area contributed by atoms with Gasteiger partial charge in [-0.05, 0) is 42.0 Å². The van der Waals surface area contributed by atoms with E-state index >= 15 is 0 Å². The summed E-state index contributed by atoms with van der Waals surface area (Å²) in [5.41, 5.74) is 0.378. The lowest BCUT2D eigenvalue weighted by Crippen LogP contribution is -2.36. The molecular formula is C17H15Cl4NO5S. The Morgan fingerprint density at radius 3 is 2.14 bits per heavy atom. The van der Waals surface area contributed by atoms with Crippen molar-refractivity contribution in [2.75, 3.05) is 13.7 Å². The van der Waals surface area contributed by atoms with Crippen molar-refractivity contribution in [3.8, 4) is 5.75 Å². The van der Waals surface area contributed by atoms with E-state index in [0.717, 1.165) is 0 Å². The maximum Gasteiger partial charge on any atom is 0.343 e. The minimum atomic E-state index is -4.00. The lowest BCUT2D eigenvalue weighted by Gasteiger charge is -2.26. The summed E-state index contributed by atoms with van der Waals surface area (Å²) in [5.74, 6) is -0.184. The van der Waals surface area contributed by atoms with Gasteiger partial charge in [0.2, 0.25) is 13.8 Å². The third-order valence-electron chi connectivity index (χ3n) is 3.52. The SMILES string of the molecule is COC(=O)COc1ccc(C(NS(=O)(=O)c2ccc(Cl)cc2)C(Cl)(Cl)Cl)cc1. The van der Waals surface area contributed by atoms with Crippen LogP contribution in [0.5, 0.6) is 5.75 Å². The third-order valence-corrected chi connectivity index (χ3v) is 5.87. The lowest BCUT2D eigenvalue weighted by atomic mass is 10.1. The van der Waals surface area contributed by atoms with Gasteiger partial charge in [0.1, 0.15) is 5.75 Å². The van der Waals surface area contributed by atoms with Gasteiger partial charge in [0, 0.05) is 5.02 Å². The van der Waals surface area contributed by atoms with E-state index in [1.807, 2.05) is 0 Å². The topological polar surface area (TPSA) is 81.7 Å². The number of ether oxygens (including phenoxy) is 2. The second kappa shape index (κ2) is 9.52. The van der Waals surface area contributed by atoms with Crippen molar-refractivity contribution in [1.29, 1.82) is 0 Å². The standard InChI is InChI=1S/C17H15Cl4NO5S/c1-26-15(23)10-27-13-6-2-11(3-7-13)16(17(19,20)21)22-28(24,25)14-8-4-12(18)5-9-14/h2-9,16,22H,10H2,1H3. The second-order valence-electron chi connectivity index (χ2n) is 5.48. The van der Waals surface area contributed by atoms with E-state index in [2.05, 4.69) is 9.46 Å². The molecule has 0 spiro atoms. The summed E-state index contributed by atoms with van der Waals surface area (Å²) in [6, 6.07) is 10.4. The van der Waals surface area contributed by atoms with Crippen molar-refractivity contribution < 1.29 is 22.7 Å². The Balaban J connectivity index is 2.24. The Morgan fingerprint density at radius 2 is 1.64 bits per heavy atom. The van der Waals surface area contributed by atoms with Gasteiger partial charge in [-0.2, -0.15) is 4.72 Å². The molecule has 0 bridgehead atoms. The quantitative estimate of drug-likeness (QED) is 0.466. The number of halogens is 4. The molecule has 0 fully saturated rings. The fourth-order valence-corrected chi connectivity index (χ4v) is 4.23. The summed E-state index contributed by atoms with van der Waals surface area (Å²) >= 11 is 23.8. The summed E-state index contributed by atoms with van der Waals surface area (Å²) in [5, 5.41) is 0.388. The van der Waals surface area contributed by atoms with Gasteiger partial charge < -0.3 is 9.47 Å². The number of hydrogen-bond donors (Lipinski definition) is 1. The third kappa shape index (κ3) is 6.40. The highest BCUT2D eigenvalue weighted by Gasteiger charge is 2.37. The molecule has 0 aromatic heterocycles. The number of methoxy groups -OCH3 is 1. The number of carbonyl (C=O) groups is 1. The van der Waals surface area contributed by atoms with E-state index in [1.165, 1.54) is 55.6 Å². The number of nitrogens with one attached hydrogen (secondary N) is 1. The fourth-order valence-electron chi connectivity index (χ4n) is 2.12. The molecule has 1 N–H and O–H groups in total. The Kier molecular flexibility index (Phi) is 7.84. The van der Waals surface area contributed by atoms with E-state index in [9.17, 15) is 13.2 Å². The predicted octanol–water partition coefficient (Wildman–Crippen LogP) is 4.28. The predicted molar refractivity (Wildman–Crippen MR) is 109 cm³/mol. The monoisotopic (exact) mass is 485 g/mol. The largest absolute Gasteiger partial charge is 0.482 e. The number of rotatable bonds is 7. The summed E-state index contributed by atoms with van der Waals surface area (Å²) in [7, 11) is -2.75. The Labute approximate surface area is 182 Å². The molecule has 1 atom stereocenters. The van der Waals surface area contributed by atoms with Crippen LogP contribution in [-0.4, -0.2) is 31.9 Å². The molecule has 2 rings (SSSR count). The van der Waals surface area contributed by atoms with Crippen molar-refractivity contribution in [3.63, 3.8) is 0 Å². The average molecular weight is 487 g/mol.